The summed E-state index contributed by atoms with van der Waals surface area (Å²) in [4.78, 5) is 9.76. The average Bonchev–Trinajstić information content (AvgIpc) is 3.33. The molecule has 3 aromatic rings. The first-order valence-corrected chi connectivity index (χ1v) is 15.1. The van der Waals surface area contributed by atoms with Gasteiger partial charge in [0.05, 0.1) is 29.5 Å². The van der Waals surface area contributed by atoms with Gasteiger partial charge in [-0.15, -0.1) is 0 Å². The van der Waals surface area contributed by atoms with E-state index in [1.54, 1.807) is 12.1 Å². The van der Waals surface area contributed by atoms with E-state index in [1.807, 2.05) is 18.3 Å². The molecule has 1 aliphatic carbocycles. The third-order valence-electron chi connectivity index (χ3n) is 7.74. The predicted molar refractivity (Wildman–Crippen MR) is 145 cm³/mol. The second-order valence-corrected chi connectivity index (χ2v) is 12.1. The molecule has 0 atom stereocenters. The van der Waals surface area contributed by atoms with Crippen molar-refractivity contribution >= 4 is 27.0 Å². The van der Waals surface area contributed by atoms with Crippen molar-refractivity contribution in [3.63, 3.8) is 0 Å². The Labute approximate surface area is 219 Å². The van der Waals surface area contributed by atoms with Crippen LogP contribution in [0.1, 0.15) is 64.8 Å². The monoisotopic (exact) mass is 526 g/mol. The lowest BCUT2D eigenvalue weighted by atomic mass is 9.84. The zero-order chi connectivity index (χ0) is 25.8. The standard InChI is InChI=1S/C27H38N6O3S/c1-3-5-14-28-27-29-19-24-25(31-33(26(24)30-27)22-10-6-20(4-2)7-11-22)21-8-12-23(13-9-21)37(34,35)32-15-17-36-18-16-32/h8-9,12-13,19-20,22H,3-7,10-11,14-18H2,1-2H3,(H,28,29,30)/t20-,22-. The fraction of sp³-hybridized carbons (Fsp3) is 0.593. The molecule has 1 saturated carbocycles. The van der Waals surface area contributed by atoms with Crippen molar-refractivity contribution in [1.29, 1.82) is 0 Å². The molecule has 1 N–H and O–H groups in total. The molecule has 0 radical (unpaired) electrons. The largest absolute Gasteiger partial charge is 0.379 e. The molecule has 200 valence electrons. The van der Waals surface area contributed by atoms with Crippen molar-refractivity contribution in [2.45, 2.75) is 69.7 Å². The molecule has 3 heterocycles. The van der Waals surface area contributed by atoms with Gasteiger partial charge in [0.1, 0.15) is 5.69 Å². The van der Waals surface area contributed by atoms with E-state index >= 15 is 0 Å². The lowest BCUT2D eigenvalue weighted by Crippen LogP contribution is -2.40. The van der Waals surface area contributed by atoms with Crippen LogP contribution in [0.3, 0.4) is 0 Å². The van der Waals surface area contributed by atoms with Crippen LogP contribution >= 0.6 is 0 Å². The summed E-state index contributed by atoms with van der Waals surface area (Å²) in [5.41, 5.74) is 2.50. The van der Waals surface area contributed by atoms with Gasteiger partial charge in [0.25, 0.3) is 0 Å². The van der Waals surface area contributed by atoms with Crippen molar-refractivity contribution in [3.8, 4) is 11.3 Å². The molecule has 2 aliphatic rings. The maximum absolute atomic E-state index is 13.1. The van der Waals surface area contributed by atoms with Gasteiger partial charge in [-0.1, -0.05) is 38.8 Å². The Bertz CT molecular complexity index is 1290. The highest BCUT2D eigenvalue weighted by Crippen LogP contribution is 2.37. The average molecular weight is 527 g/mol. The van der Waals surface area contributed by atoms with Crippen LogP contribution in [0, 0.1) is 5.92 Å². The smallest absolute Gasteiger partial charge is 0.243 e. The summed E-state index contributed by atoms with van der Waals surface area (Å²) in [6, 6.07) is 7.36. The van der Waals surface area contributed by atoms with E-state index in [9.17, 15) is 8.42 Å². The second-order valence-electron chi connectivity index (χ2n) is 10.1. The number of sulfonamides is 1. The first-order chi connectivity index (χ1) is 18.0. The highest BCUT2D eigenvalue weighted by molar-refractivity contribution is 7.89. The van der Waals surface area contributed by atoms with E-state index in [-0.39, 0.29) is 0 Å². The molecule has 0 unspecified atom stereocenters. The lowest BCUT2D eigenvalue weighted by molar-refractivity contribution is 0.0730. The van der Waals surface area contributed by atoms with E-state index in [0.717, 1.165) is 60.4 Å². The molecule has 10 heteroatoms. The number of fused-ring (bicyclic) bond motifs is 1. The minimum absolute atomic E-state index is 0.290. The van der Waals surface area contributed by atoms with E-state index in [0.29, 0.717) is 43.2 Å². The van der Waals surface area contributed by atoms with Crippen molar-refractivity contribution in [3.05, 3.63) is 30.5 Å². The van der Waals surface area contributed by atoms with Gasteiger partial charge < -0.3 is 10.1 Å². The lowest BCUT2D eigenvalue weighted by Gasteiger charge is -2.28. The SMILES string of the molecule is CCCCNc1ncc2c(-c3ccc(S(=O)(=O)N4CCOCC4)cc3)nn([C@H]3CC[C@H](CC)CC3)c2n1. The number of rotatable bonds is 9. The molecule has 0 bridgehead atoms. The number of ether oxygens (including phenoxy) is 1. The molecule has 1 aromatic carbocycles. The minimum atomic E-state index is -3.55. The van der Waals surface area contributed by atoms with Crippen LogP contribution in [-0.4, -0.2) is 65.3 Å². The number of morpholine rings is 1. The van der Waals surface area contributed by atoms with Crippen molar-refractivity contribution < 1.29 is 13.2 Å². The van der Waals surface area contributed by atoms with Crippen LogP contribution in [0.5, 0.6) is 0 Å². The highest BCUT2D eigenvalue weighted by atomic mass is 32.2. The number of hydrogen-bond acceptors (Lipinski definition) is 7. The van der Waals surface area contributed by atoms with Crippen molar-refractivity contribution in [2.75, 3.05) is 38.2 Å². The number of nitrogens with one attached hydrogen (secondary N) is 1. The number of hydrogen-bond donors (Lipinski definition) is 1. The van der Waals surface area contributed by atoms with Crippen molar-refractivity contribution in [1.82, 2.24) is 24.1 Å². The van der Waals surface area contributed by atoms with E-state index in [4.69, 9.17) is 14.8 Å². The normalized spacial score (nSPS) is 21.4. The van der Waals surface area contributed by atoms with Gasteiger partial charge in [-0.3, -0.25) is 0 Å². The predicted octanol–water partition coefficient (Wildman–Crippen LogP) is 4.87. The zero-order valence-electron chi connectivity index (χ0n) is 21.9. The molecule has 9 nitrogen and oxygen atoms in total. The number of benzene rings is 1. The molecule has 2 fully saturated rings. The molecule has 1 aliphatic heterocycles. The Hall–Kier alpha value is -2.56. The zero-order valence-corrected chi connectivity index (χ0v) is 22.7. The Kier molecular flexibility index (Phi) is 8.07. The molecule has 0 amide bonds. The van der Waals surface area contributed by atoms with Crippen LogP contribution in [0.15, 0.2) is 35.4 Å². The van der Waals surface area contributed by atoms with Crippen LogP contribution in [0.2, 0.25) is 0 Å². The molecule has 0 spiro atoms. The Morgan fingerprint density at radius 2 is 1.78 bits per heavy atom. The maximum Gasteiger partial charge on any atom is 0.243 e. The molecular formula is C27H38N6O3S. The fourth-order valence-electron chi connectivity index (χ4n) is 5.37. The minimum Gasteiger partial charge on any atom is -0.379 e. The molecular weight excluding hydrogens is 488 g/mol. The van der Waals surface area contributed by atoms with E-state index in [1.165, 1.54) is 23.6 Å². The van der Waals surface area contributed by atoms with E-state index < -0.39 is 10.0 Å². The van der Waals surface area contributed by atoms with Crippen LogP contribution in [0.25, 0.3) is 22.3 Å². The number of nitrogens with zero attached hydrogens (tertiary/aromatic N) is 5. The molecule has 37 heavy (non-hydrogen) atoms. The van der Waals surface area contributed by atoms with Gasteiger partial charge in [0, 0.05) is 31.4 Å². The summed E-state index contributed by atoms with van der Waals surface area (Å²) in [5, 5.41) is 9.30. The summed E-state index contributed by atoms with van der Waals surface area (Å²) in [5.74, 6) is 1.42. The van der Waals surface area contributed by atoms with Gasteiger partial charge in [-0.2, -0.15) is 14.4 Å². The third-order valence-corrected chi connectivity index (χ3v) is 9.65. The quantitative estimate of drug-likeness (QED) is 0.397. The Morgan fingerprint density at radius 1 is 1.05 bits per heavy atom. The van der Waals surface area contributed by atoms with Crippen LogP contribution < -0.4 is 5.32 Å². The van der Waals surface area contributed by atoms with Crippen LogP contribution in [0.4, 0.5) is 5.95 Å². The van der Waals surface area contributed by atoms with Crippen LogP contribution in [-0.2, 0) is 14.8 Å². The highest BCUT2D eigenvalue weighted by Gasteiger charge is 2.28. The molecule has 5 rings (SSSR count). The van der Waals surface area contributed by atoms with Gasteiger partial charge in [-0.05, 0) is 50.2 Å². The summed E-state index contributed by atoms with van der Waals surface area (Å²) < 4.78 is 35.1. The summed E-state index contributed by atoms with van der Waals surface area (Å²) >= 11 is 0. The Balaban J connectivity index is 1.48. The molecule has 1 saturated heterocycles. The summed E-state index contributed by atoms with van der Waals surface area (Å²) in [6.07, 6.45) is 9.85. The van der Waals surface area contributed by atoms with Gasteiger partial charge in [0.15, 0.2) is 5.65 Å². The van der Waals surface area contributed by atoms with Gasteiger partial charge in [0.2, 0.25) is 16.0 Å². The topological polar surface area (TPSA) is 102 Å². The third kappa shape index (κ3) is 5.51. The van der Waals surface area contributed by atoms with Crippen molar-refractivity contribution in [2.24, 2.45) is 5.92 Å². The number of unbranched alkanes of at least 4 members (excludes halogenated alkanes) is 1. The number of anilines is 1. The van der Waals surface area contributed by atoms with Gasteiger partial charge >= 0.3 is 0 Å². The first kappa shape index (κ1) is 26.1. The number of aromatic nitrogens is 4. The van der Waals surface area contributed by atoms with Gasteiger partial charge in [-0.25, -0.2) is 18.1 Å². The summed E-state index contributed by atoms with van der Waals surface area (Å²) in [6.45, 7) is 6.89. The first-order valence-electron chi connectivity index (χ1n) is 13.7. The second kappa shape index (κ2) is 11.4. The fourth-order valence-corrected chi connectivity index (χ4v) is 6.78. The molecule has 2 aromatic heterocycles. The maximum atomic E-state index is 13.1. The van der Waals surface area contributed by atoms with E-state index in [2.05, 4.69) is 28.8 Å². The Morgan fingerprint density at radius 3 is 2.46 bits per heavy atom. The summed E-state index contributed by atoms with van der Waals surface area (Å²) in [7, 11) is -3.55.